The van der Waals surface area contributed by atoms with Gasteiger partial charge in [-0.3, -0.25) is 9.89 Å². The van der Waals surface area contributed by atoms with E-state index < -0.39 is 17.6 Å². The Morgan fingerprint density at radius 2 is 1.88 bits per heavy atom. The van der Waals surface area contributed by atoms with E-state index in [1.54, 1.807) is 24.3 Å². The van der Waals surface area contributed by atoms with Crippen LogP contribution >= 0.6 is 11.6 Å². The Morgan fingerprint density at radius 1 is 1.12 bits per heavy atom. The van der Waals surface area contributed by atoms with Gasteiger partial charge in [-0.1, -0.05) is 35.9 Å². The fourth-order valence-corrected chi connectivity index (χ4v) is 2.53. The van der Waals surface area contributed by atoms with Crippen molar-refractivity contribution in [3.05, 3.63) is 70.9 Å². The Bertz CT molecular complexity index is 921. The molecule has 8 heteroatoms. The number of aromatic amines is 1. The molecule has 3 aromatic rings. The van der Waals surface area contributed by atoms with Crippen LogP contribution in [-0.4, -0.2) is 16.1 Å². The van der Waals surface area contributed by atoms with Crippen LogP contribution in [0.25, 0.3) is 11.3 Å². The van der Waals surface area contributed by atoms with Gasteiger partial charge < -0.3 is 5.32 Å². The Morgan fingerprint density at radius 3 is 2.60 bits per heavy atom. The number of alkyl halides is 3. The summed E-state index contributed by atoms with van der Waals surface area (Å²) in [6.45, 7) is 0. The average molecular weight is 366 g/mol. The predicted octanol–water partition coefficient (Wildman–Crippen LogP) is 5.00. The standard InChI is InChI=1S/C17H11ClF3N3O/c18-14-7-2-1-6-12(14)15-13(9-22-24-15)16(25)23-11-5-3-4-10(8-11)17(19,20)21/h1-9H,(H,22,24)(H,23,25). The van der Waals surface area contributed by atoms with E-state index in [0.717, 1.165) is 12.1 Å². The van der Waals surface area contributed by atoms with Gasteiger partial charge in [0.25, 0.3) is 5.91 Å². The third kappa shape index (κ3) is 3.66. The molecule has 0 spiro atoms. The number of amides is 1. The Hall–Kier alpha value is -2.80. The lowest BCUT2D eigenvalue weighted by Crippen LogP contribution is -2.13. The lowest BCUT2D eigenvalue weighted by Gasteiger charge is -2.10. The molecule has 0 bridgehead atoms. The van der Waals surface area contributed by atoms with Crippen molar-refractivity contribution < 1.29 is 18.0 Å². The molecule has 1 heterocycles. The summed E-state index contributed by atoms with van der Waals surface area (Å²) in [5, 5.41) is 9.39. The number of benzene rings is 2. The molecule has 1 aromatic heterocycles. The molecule has 25 heavy (non-hydrogen) atoms. The van der Waals surface area contributed by atoms with Gasteiger partial charge in [0.05, 0.1) is 23.0 Å². The first-order valence-electron chi connectivity index (χ1n) is 7.13. The van der Waals surface area contributed by atoms with Gasteiger partial charge in [-0.15, -0.1) is 0 Å². The molecule has 1 amide bonds. The summed E-state index contributed by atoms with van der Waals surface area (Å²) < 4.78 is 38.3. The van der Waals surface area contributed by atoms with Crippen molar-refractivity contribution in [2.45, 2.75) is 6.18 Å². The second-order valence-electron chi connectivity index (χ2n) is 5.17. The smallest absolute Gasteiger partial charge is 0.322 e. The van der Waals surface area contributed by atoms with Crippen molar-refractivity contribution >= 4 is 23.2 Å². The molecular weight excluding hydrogens is 355 g/mol. The monoisotopic (exact) mass is 365 g/mol. The second kappa shape index (κ2) is 6.60. The minimum absolute atomic E-state index is 0.0335. The Kier molecular flexibility index (Phi) is 4.50. The van der Waals surface area contributed by atoms with Gasteiger partial charge in [-0.2, -0.15) is 18.3 Å². The van der Waals surface area contributed by atoms with Gasteiger partial charge in [0.15, 0.2) is 0 Å². The zero-order valence-corrected chi connectivity index (χ0v) is 13.3. The number of carbonyl (C=O) groups excluding carboxylic acids is 1. The molecule has 0 fully saturated rings. The first kappa shape index (κ1) is 17.0. The highest BCUT2D eigenvalue weighted by molar-refractivity contribution is 6.33. The van der Waals surface area contributed by atoms with Crippen molar-refractivity contribution in [2.24, 2.45) is 0 Å². The normalized spacial score (nSPS) is 11.4. The fraction of sp³-hybridized carbons (Fsp3) is 0.0588. The summed E-state index contributed by atoms with van der Waals surface area (Å²) in [7, 11) is 0. The topological polar surface area (TPSA) is 57.8 Å². The van der Waals surface area contributed by atoms with Crippen molar-refractivity contribution in [3.8, 4) is 11.3 Å². The average Bonchev–Trinajstić information content (AvgIpc) is 3.04. The van der Waals surface area contributed by atoms with E-state index in [9.17, 15) is 18.0 Å². The maximum atomic E-state index is 12.8. The molecule has 3 rings (SSSR count). The zero-order valence-electron chi connectivity index (χ0n) is 12.6. The van der Waals surface area contributed by atoms with Crippen molar-refractivity contribution in [1.29, 1.82) is 0 Å². The highest BCUT2D eigenvalue weighted by atomic mass is 35.5. The second-order valence-corrected chi connectivity index (χ2v) is 5.58. The maximum Gasteiger partial charge on any atom is 0.416 e. The van der Waals surface area contributed by atoms with Crippen LogP contribution < -0.4 is 5.32 Å². The third-order valence-electron chi connectivity index (χ3n) is 3.47. The molecule has 0 aliphatic carbocycles. The van der Waals surface area contributed by atoms with Crippen molar-refractivity contribution in [3.63, 3.8) is 0 Å². The minimum Gasteiger partial charge on any atom is -0.322 e. The summed E-state index contributed by atoms with van der Waals surface area (Å²) in [5.74, 6) is -0.594. The number of H-pyrrole nitrogens is 1. The molecule has 2 aromatic carbocycles. The van der Waals surface area contributed by atoms with E-state index in [2.05, 4.69) is 15.5 Å². The molecule has 0 aliphatic heterocycles. The summed E-state index contributed by atoms with van der Waals surface area (Å²) in [5.41, 5.74) is 0.311. The Balaban J connectivity index is 1.89. The van der Waals surface area contributed by atoms with Crippen LogP contribution in [0.2, 0.25) is 5.02 Å². The van der Waals surface area contributed by atoms with Gasteiger partial charge in [0.2, 0.25) is 0 Å². The highest BCUT2D eigenvalue weighted by Gasteiger charge is 2.30. The summed E-state index contributed by atoms with van der Waals surface area (Å²) in [6.07, 6.45) is -3.19. The van der Waals surface area contributed by atoms with E-state index in [1.165, 1.54) is 18.3 Å². The molecule has 4 nitrogen and oxygen atoms in total. The number of halogens is 4. The molecule has 0 atom stereocenters. The van der Waals surface area contributed by atoms with E-state index >= 15 is 0 Å². The number of rotatable bonds is 3. The largest absolute Gasteiger partial charge is 0.416 e. The number of carbonyl (C=O) groups is 1. The van der Waals surface area contributed by atoms with Crippen LogP contribution in [0.1, 0.15) is 15.9 Å². The molecular formula is C17H11ClF3N3O. The minimum atomic E-state index is -4.49. The number of nitrogens with zero attached hydrogens (tertiary/aromatic N) is 1. The van der Waals surface area contributed by atoms with Crippen LogP contribution in [0.15, 0.2) is 54.7 Å². The van der Waals surface area contributed by atoms with E-state index in [1.807, 2.05) is 0 Å². The van der Waals surface area contributed by atoms with Crippen LogP contribution in [0, 0.1) is 0 Å². The fourth-order valence-electron chi connectivity index (χ4n) is 2.30. The molecule has 0 saturated heterocycles. The van der Waals surface area contributed by atoms with Gasteiger partial charge in [0.1, 0.15) is 0 Å². The van der Waals surface area contributed by atoms with Crippen LogP contribution in [0.3, 0.4) is 0 Å². The summed E-state index contributed by atoms with van der Waals surface area (Å²) >= 11 is 6.12. The zero-order chi connectivity index (χ0) is 18.0. The van der Waals surface area contributed by atoms with Crippen LogP contribution in [0.4, 0.5) is 18.9 Å². The SMILES string of the molecule is O=C(Nc1cccc(C(F)(F)F)c1)c1cn[nH]c1-c1ccccc1Cl. The third-order valence-corrected chi connectivity index (χ3v) is 3.80. The number of aromatic nitrogens is 2. The number of nitrogens with one attached hydrogen (secondary N) is 2. The molecule has 0 unspecified atom stereocenters. The van der Waals surface area contributed by atoms with Crippen LogP contribution in [-0.2, 0) is 6.18 Å². The first-order chi connectivity index (χ1) is 11.9. The molecule has 0 aliphatic rings. The molecule has 128 valence electrons. The summed E-state index contributed by atoms with van der Waals surface area (Å²) in [6, 6.07) is 11.3. The quantitative estimate of drug-likeness (QED) is 0.686. The van der Waals surface area contributed by atoms with Gasteiger partial charge >= 0.3 is 6.18 Å². The number of hydrogen-bond donors (Lipinski definition) is 2. The lowest BCUT2D eigenvalue weighted by atomic mass is 10.1. The Labute approximate surface area is 145 Å². The van der Waals surface area contributed by atoms with E-state index in [-0.39, 0.29) is 11.3 Å². The van der Waals surface area contributed by atoms with Crippen LogP contribution in [0.5, 0.6) is 0 Å². The predicted molar refractivity (Wildman–Crippen MR) is 88.4 cm³/mol. The van der Waals surface area contributed by atoms with E-state index in [0.29, 0.717) is 16.3 Å². The number of anilines is 1. The highest BCUT2D eigenvalue weighted by Crippen LogP contribution is 2.31. The van der Waals surface area contributed by atoms with Gasteiger partial charge in [-0.25, -0.2) is 0 Å². The molecule has 0 saturated carbocycles. The van der Waals surface area contributed by atoms with Gasteiger partial charge in [-0.05, 0) is 24.3 Å². The number of hydrogen-bond acceptors (Lipinski definition) is 2. The first-order valence-corrected chi connectivity index (χ1v) is 7.51. The van der Waals surface area contributed by atoms with Crippen molar-refractivity contribution in [1.82, 2.24) is 10.2 Å². The van der Waals surface area contributed by atoms with Gasteiger partial charge in [0, 0.05) is 16.3 Å². The summed E-state index contributed by atoms with van der Waals surface area (Å²) in [4.78, 5) is 12.4. The van der Waals surface area contributed by atoms with Crippen molar-refractivity contribution in [2.75, 3.05) is 5.32 Å². The maximum absolute atomic E-state index is 12.8. The lowest BCUT2D eigenvalue weighted by molar-refractivity contribution is -0.137. The van der Waals surface area contributed by atoms with E-state index in [4.69, 9.17) is 11.6 Å². The molecule has 0 radical (unpaired) electrons. The molecule has 2 N–H and O–H groups in total.